The van der Waals surface area contributed by atoms with Crippen molar-refractivity contribution in [2.24, 2.45) is 0 Å². The van der Waals surface area contributed by atoms with Crippen molar-refractivity contribution in [2.75, 3.05) is 32.7 Å². The lowest BCUT2D eigenvalue weighted by Gasteiger charge is -2.28. The van der Waals surface area contributed by atoms with Crippen LogP contribution >= 0.6 is 0 Å². The molecule has 34 heavy (non-hydrogen) atoms. The maximum absolute atomic E-state index is 13.4. The van der Waals surface area contributed by atoms with E-state index in [1.807, 2.05) is 48.5 Å². The fraction of sp³-hybridized carbons (Fsp3) is 0.207. The fourth-order valence-corrected chi connectivity index (χ4v) is 4.20. The zero-order chi connectivity index (χ0) is 23.2. The van der Waals surface area contributed by atoms with Gasteiger partial charge in [-0.1, -0.05) is 48.5 Å². The predicted molar refractivity (Wildman–Crippen MR) is 136 cm³/mol. The van der Waals surface area contributed by atoms with Gasteiger partial charge in [0.25, 0.3) is 0 Å². The molecule has 0 bridgehead atoms. The van der Waals surface area contributed by atoms with Crippen LogP contribution in [0.3, 0.4) is 0 Å². The quantitative estimate of drug-likeness (QED) is 0.380. The van der Waals surface area contributed by atoms with Crippen LogP contribution in [0.15, 0.2) is 84.9 Å². The molecule has 1 fully saturated rings. The highest BCUT2D eigenvalue weighted by atomic mass is 19.1. The third-order valence-corrected chi connectivity index (χ3v) is 6.08. The summed E-state index contributed by atoms with van der Waals surface area (Å²) >= 11 is 0. The number of hydrogen-bond acceptors (Lipinski definition) is 4. The maximum atomic E-state index is 13.4. The van der Waals surface area contributed by atoms with Crippen molar-refractivity contribution in [2.45, 2.75) is 6.61 Å². The zero-order valence-electron chi connectivity index (χ0n) is 19.1. The van der Waals surface area contributed by atoms with Crippen LogP contribution in [-0.4, -0.2) is 42.6 Å². The van der Waals surface area contributed by atoms with Crippen LogP contribution < -0.4 is 10.1 Å². The van der Waals surface area contributed by atoms with E-state index in [0.29, 0.717) is 6.61 Å². The first kappa shape index (κ1) is 22.3. The van der Waals surface area contributed by atoms with E-state index in [-0.39, 0.29) is 5.82 Å². The largest absolute Gasteiger partial charge is 0.487 e. The molecule has 1 aromatic heterocycles. The molecule has 0 aliphatic carbocycles. The number of hydrogen-bond donors (Lipinski definition) is 1. The summed E-state index contributed by atoms with van der Waals surface area (Å²) in [5.74, 6) is 0.588. The standard InChI is InChI=1S/C29H28FN3O/c30-26-10-5-22(6-11-26)19-25(20-33-17-15-31-16-18-33)23-8-13-28(14-9-23)34-21-27-12-7-24-3-1-2-4-29(24)32-27/h1-14,19,31H,15-18,20-21H2. The first-order chi connectivity index (χ1) is 16.7. The molecule has 1 N–H and O–H groups in total. The maximum Gasteiger partial charge on any atom is 0.130 e. The van der Waals surface area contributed by atoms with E-state index in [1.54, 1.807) is 0 Å². The normalized spacial score (nSPS) is 14.9. The number of aromatic nitrogens is 1. The molecule has 0 unspecified atom stereocenters. The van der Waals surface area contributed by atoms with Crippen LogP contribution in [0.4, 0.5) is 4.39 Å². The first-order valence-corrected chi connectivity index (χ1v) is 11.7. The minimum Gasteiger partial charge on any atom is -0.487 e. The highest BCUT2D eigenvalue weighted by molar-refractivity contribution is 5.82. The lowest BCUT2D eigenvalue weighted by Crippen LogP contribution is -2.43. The van der Waals surface area contributed by atoms with Gasteiger partial charge in [-0.25, -0.2) is 9.37 Å². The molecule has 4 nitrogen and oxygen atoms in total. The smallest absolute Gasteiger partial charge is 0.130 e. The van der Waals surface area contributed by atoms with E-state index < -0.39 is 0 Å². The average Bonchev–Trinajstić information content (AvgIpc) is 2.89. The molecule has 0 atom stereocenters. The number of rotatable bonds is 7. The van der Waals surface area contributed by atoms with Crippen molar-refractivity contribution in [3.05, 3.63) is 108 Å². The molecule has 0 spiro atoms. The zero-order valence-corrected chi connectivity index (χ0v) is 19.1. The summed E-state index contributed by atoms with van der Waals surface area (Å²) in [6, 6.07) is 27.0. The van der Waals surface area contributed by atoms with E-state index in [0.717, 1.165) is 66.2 Å². The van der Waals surface area contributed by atoms with E-state index in [1.165, 1.54) is 17.7 Å². The van der Waals surface area contributed by atoms with Crippen LogP contribution in [0.25, 0.3) is 22.6 Å². The van der Waals surface area contributed by atoms with Crippen LogP contribution in [0.2, 0.25) is 0 Å². The van der Waals surface area contributed by atoms with Gasteiger partial charge in [0.2, 0.25) is 0 Å². The van der Waals surface area contributed by atoms with E-state index in [2.05, 4.69) is 45.5 Å². The number of pyridine rings is 1. The minimum absolute atomic E-state index is 0.219. The Labute approximate surface area is 199 Å². The predicted octanol–water partition coefficient (Wildman–Crippen LogP) is 5.40. The van der Waals surface area contributed by atoms with E-state index in [9.17, 15) is 4.39 Å². The Kier molecular flexibility index (Phi) is 6.94. The second kappa shape index (κ2) is 10.6. The van der Waals surface area contributed by atoms with Gasteiger partial charge in [0, 0.05) is 38.1 Å². The summed E-state index contributed by atoms with van der Waals surface area (Å²) in [6.45, 7) is 5.30. The molecule has 5 rings (SSSR count). The Hall–Kier alpha value is -3.54. The Balaban J connectivity index is 1.31. The molecule has 1 saturated heterocycles. The Morgan fingerprint density at radius 1 is 0.912 bits per heavy atom. The van der Waals surface area contributed by atoms with E-state index >= 15 is 0 Å². The van der Waals surface area contributed by atoms with Crippen LogP contribution in [0.1, 0.15) is 16.8 Å². The molecule has 4 aromatic rings. The molecule has 5 heteroatoms. The summed E-state index contributed by atoms with van der Waals surface area (Å²) < 4.78 is 19.4. The Bertz CT molecular complexity index is 1260. The Morgan fingerprint density at radius 3 is 2.47 bits per heavy atom. The van der Waals surface area contributed by atoms with E-state index in [4.69, 9.17) is 4.74 Å². The van der Waals surface area contributed by atoms with Crippen LogP contribution in [0.5, 0.6) is 5.75 Å². The minimum atomic E-state index is -0.219. The SMILES string of the molecule is Fc1ccc(C=C(CN2CCNCC2)c2ccc(OCc3ccc4ccccc4n3)cc2)cc1. The molecule has 172 valence electrons. The third kappa shape index (κ3) is 5.68. The number of nitrogens with zero attached hydrogens (tertiary/aromatic N) is 2. The number of ether oxygens (including phenoxy) is 1. The molecule has 1 aliphatic rings. The molecular weight excluding hydrogens is 425 g/mol. The average molecular weight is 454 g/mol. The molecular formula is C29H28FN3O. The first-order valence-electron chi connectivity index (χ1n) is 11.7. The Morgan fingerprint density at radius 2 is 1.68 bits per heavy atom. The number of para-hydroxylation sites is 1. The van der Waals surface area contributed by atoms with Crippen molar-refractivity contribution in [1.29, 1.82) is 0 Å². The van der Waals surface area contributed by atoms with Gasteiger partial charge in [-0.3, -0.25) is 4.90 Å². The van der Waals surface area contributed by atoms with Gasteiger partial charge in [0.15, 0.2) is 0 Å². The molecule has 0 radical (unpaired) electrons. The highest BCUT2D eigenvalue weighted by Gasteiger charge is 2.13. The second-order valence-electron chi connectivity index (χ2n) is 8.56. The monoisotopic (exact) mass is 453 g/mol. The van der Waals surface area contributed by atoms with Crippen LogP contribution in [0, 0.1) is 5.82 Å². The van der Waals surface area contributed by atoms with Crippen molar-refractivity contribution in [3.63, 3.8) is 0 Å². The third-order valence-electron chi connectivity index (χ3n) is 6.08. The summed E-state index contributed by atoms with van der Waals surface area (Å²) in [6.07, 6.45) is 2.15. The molecule has 1 aliphatic heterocycles. The lowest BCUT2D eigenvalue weighted by atomic mass is 10.0. The van der Waals surface area contributed by atoms with Gasteiger partial charge >= 0.3 is 0 Å². The highest BCUT2D eigenvalue weighted by Crippen LogP contribution is 2.24. The topological polar surface area (TPSA) is 37.4 Å². The van der Waals surface area contributed by atoms with Crippen molar-refractivity contribution >= 4 is 22.6 Å². The van der Waals surface area contributed by atoms with Gasteiger partial charge in [-0.05, 0) is 59.2 Å². The number of benzene rings is 3. The molecule has 0 saturated carbocycles. The number of nitrogens with one attached hydrogen (secondary N) is 1. The van der Waals surface area contributed by atoms with Gasteiger partial charge in [0.1, 0.15) is 18.2 Å². The number of halogens is 1. The fourth-order valence-electron chi connectivity index (χ4n) is 4.20. The van der Waals surface area contributed by atoms with Gasteiger partial charge < -0.3 is 10.1 Å². The van der Waals surface area contributed by atoms with Crippen LogP contribution in [-0.2, 0) is 6.61 Å². The summed E-state index contributed by atoms with van der Waals surface area (Å²) in [5.41, 5.74) is 5.21. The molecule has 3 aromatic carbocycles. The number of fused-ring (bicyclic) bond motifs is 1. The van der Waals surface area contributed by atoms with Crippen molar-refractivity contribution in [1.82, 2.24) is 15.2 Å². The molecule has 2 heterocycles. The summed E-state index contributed by atoms with van der Waals surface area (Å²) in [4.78, 5) is 7.13. The summed E-state index contributed by atoms with van der Waals surface area (Å²) in [5, 5.41) is 4.53. The number of piperazine rings is 1. The summed E-state index contributed by atoms with van der Waals surface area (Å²) in [7, 11) is 0. The van der Waals surface area contributed by atoms with Gasteiger partial charge in [-0.2, -0.15) is 0 Å². The molecule has 0 amide bonds. The van der Waals surface area contributed by atoms with Gasteiger partial charge in [0.05, 0.1) is 11.2 Å². The van der Waals surface area contributed by atoms with Crippen molar-refractivity contribution in [3.8, 4) is 5.75 Å². The van der Waals surface area contributed by atoms with Gasteiger partial charge in [-0.15, -0.1) is 0 Å². The lowest BCUT2D eigenvalue weighted by molar-refractivity contribution is 0.268. The van der Waals surface area contributed by atoms with Crippen molar-refractivity contribution < 1.29 is 9.13 Å². The second-order valence-corrected chi connectivity index (χ2v) is 8.56.